The van der Waals surface area contributed by atoms with Crippen LogP contribution in [0, 0.1) is 78.1 Å². The van der Waals surface area contributed by atoms with Crippen LogP contribution in [0.4, 0.5) is 40.3 Å². The fourth-order valence-corrected chi connectivity index (χ4v) is 8.69. The van der Waals surface area contributed by atoms with Crippen molar-refractivity contribution in [3.63, 3.8) is 0 Å². The number of nitrogens with zero attached hydrogens (tertiary/aromatic N) is 9. The number of hydrogen-bond donors (Lipinski definition) is 4. The number of nitrogens with two attached hydrogens (primary N) is 2. The Hall–Kier alpha value is -11.3. The zero-order valence-electron chi connectivity index (χ0n) is 50.2. The van der Waals surface area contributed by atoms with Gasteiger partial charge < -0.3 is 45.1 Å². The Morgan fingerprint density at radius 1 is 0.441 bits per heavy atom. The summed E-state index contributed by atoms with van der Waals surface area (Å²) in [5.74, 6) is -1.12. The summed E-state index contributed by atoms with van der Waals surface area (Å²) in [6.07, 6.45) is 7.93. The lowest BCUT2D eigenvalue weighted by molar-refractivity contribution is -0.385. The maximum atomic E-state index is 14.0. The SMILES string of the molecule is COc1cc2[nH]ccc(=O)c2nc1C.COc1cc2nccc(Oc3ccc(N)cc3F)c2nc1C.COc1cc2nccc(Oc3ccc([N+](=O)[O-])cc3F)c2nc1C.Cc1nc2c(=O)cc[nH]c2cc1Br.Cc1ncc(N)cc1Br.O=[N+]([O-])c1ccc(F)c(F)c1. The number of halogens is 6. The van der Waals surface area contributed by atoms with Gasteiger partial charge in [0, 0.05) is 100 Å². The van der Waals surface area contributed by atoms with Crippen LogP contribution in [0.15, 0.2) is 159 Å². The quantitative estimate of drug-likeness (QED) is 0.0451. The molecule has 0 saturated heterocycles. The van der Waals surface area contributed by atoms with Crippen molar-refractivity contribution < 1.29 is 51.1 Å². The summed E-state index contributed by atoms with van der Waals surface area (Å²) in [6, 6.07) is 24.7. The van der Waals surface area contributed by atoms with Crippen LogP contribution < -0.4 is 46.0 Å². The number of nitrogens with one attached hydrogen (secondary N) is 2. The first-order valence-corrected chi connectivity index (χ1v) is 28.5. The minimum atomic E-state index is -1.21. The van der Waals surface area contributed by atoms with E-state index in [2.05, 4.69) is 76.7 Å². The molecule has 3 aromatic carbocycles. The molecule has 6 N–H and O–H groups in total. The topological polar surface area (TPSA) is 340 Å². The van der Waals surface area contributed by atoms with Crippen molar-refractivity contribution in [1.29, 1.82) is 0 Å². The number of fused-ring (bicyclic) bond motifs is 4. The molecule has 0 amide bonds. The molecule has 93 heavy (non-hydrogen) atoms. The van der Waals surface area contributed by atoms with Gasteiger partial charge in [-0.3, -0.25) is 44.8 Å². The third-order valence-electron chi connectivity index (χ3n) is 12.7. The van der Waals surface area contributed by atoms with E-state index >= 15 is 0 Å². The van der Waals surface area contributed by atoms with Gasteiger partial charge >= 0.3 is 0 Å². The van der Waals surface area contributed by atoms with Crippen molar-refractivity contribution in [2.75, 3.05) is 32.8 Å². The maximum absolute atomic E-state index is 14.0. The Kier molecular flexibility index (Phi) is 23.4. The van der Waals surface area contributed by atoms with Crippen LogP contribution in [0.3, 0.4) is 0 Å². The molecule has 0 unspecified atom stereocenters. The second kappa shape index (κ2) is 31.5. The van der Waals surface area contributed by atoms with E-state index in [0.717, 1.165) is 43.7 Å². The number of hydrogen-bond acceptors (Lipinski definition) is 20. The second-order valence-corrected chi connectivity index (χ2v) is 20.9. The first-order valence-electron chi connectivity index (χ1n) is 26.9. The lowest BCUT2D eigenvalue weighted by Gasteiger charge is -2.11. The number of non-ortho nitro benzene ring substituents is 2. The molecule has 30 heteroatoms. The van der Waals surface area contributed by atoms with E-state index in [-0.39, 0.29) is 28.0 Å². The van der Waals surface area contributed by atoms with E-state index in [9.17, 15) is 47.4 Å². The Morgan fingerprint density at radius 3 is 1.32 bits per heavy atom. The van der Waals surface area contributed by atoms with E-state index in [1.165, 1.54) is 49.7 Å². The largest absolute Gasteiger partial charge is 0.495 e. The van der Waals surface area contributed by atoms with Gasteiger partial charge in [-0.15, -0.1) is 0 Å². The molecular formula is C63H53Br2F4N13O11. The molecule has 0 atom stereocenters. The molecule has 0 saturated carbocycles. The van der Waals surface area contributed by atoms with Crippen molar-refractivity contribution in [3.05, 3.63) is 242 Å². The lowest BCUT2D eigenvalue weighted by atomic mass is 10.2. The van der Waals surface area contributed by atoms with Crippen molar-refractivity contribution in [1.82, 2.24) is 44.9 Å². The summed E-state index contributed by atoms with van der Waals surface area (Å²) < 4.78 is 80.9. The van der Waals surface area contributed by atoms with E-state index in [0.29, 0.717) is 102 Å². The summed E-state index contributed by atoms with van der Waals surface area (Å²) in [5.41, 5.74) is 19.4. The van der Waals surface area contributed by atoms with Gasteiger partial charge in [0.25, 0.3) is 11.4 Å². The van der Waals surface area contributed by atoms with Crippen molar-refractivity contribution in [3.8, 4) is 40.2 Å². The highest BCUT2D eigenvalue weighted by atomic mass is 79.9. The third kappa shape index (κ3) is 18.0. The van der Waals surface area contributed by atoms with E-state index in [1.807, 2.05) is 39.8 Å². The number of rotatable bonds is 9. The minimum Gasteiger partial charge on any atom is -0.495 e. The predicted molar refractivity (Wildman–Crippen MR) is 348 cm³/mol. The molecule has 0 aliphatic carbocycles. The molecule has 12 rings (SSSR count). The fourth-order valence-electron chi connectivity index (χ4n) is 8.00. The monoisotopic (exact) mass is 1400 g/mol. The lowest BCUT2D eigenvalue weighted by Crippen LogP contribution is -2.04. The van der Waals surface area contributed by atoms with Crippen LogP contribution in [-0.2, 0) is 0 Å². The van der Waals surface area contributed by atoms with Gasteiger partial charge in [-0.1, -0.05) is 0 Å². The number of pyridine rings is 9. The minimum absolute atomic E-state index is 0.0515. The second-order valence-electron chi connectivity index (χ2n) is 19.2. The third-order valence-corrected chi connectivity index (χ3v) is 14.3. The molecule has 24 nitrogen and oxygen atoms in total. The number of nitrogen functional groups attached to an aromatic ring is 2. The summed E-state index contributed by atoms with van der Waals surface area (Å²) >= 11 is 6.66. The van der Waals surface area contributed by atoms with Crippen LogP contribution in [-0.4, -0.2) is 76.0 Å². The number of benzene rings is 3. The number of methoxy groups -OCH3 is 3. The van der Waals surface area contributed by atoms with Crippen LogP contribution in [0.2, 0.25) is 0 Å². The standard InChI is InChI=1S/C16H12FN3O4.C16H14FN3O2.C10H10N2O2.C9H7BrN2O.C6H7BrN2.C6H3F2NO2/c1-9-15(23-2)8-12-16(19-9)14(5-6-18-12)24-13-4-3-10(20(21)22)7-11(13)17;1-9-15(21-2)8-12-16(20-9)14(5-6-19-12)22-13-4-3-10(18)7-11(13)17;1-6-9(14-2)5-7-10(12-6)8(13)3-4-11-7;1-5-6(10)4-7-9(12-5)8(13)2-3-11-7;1-4-6(7)2-5(8)3-9-4;7-5-2-1-4(9(10)11)3-6(5)8/h3-8H,1-2H3;3-8H,18H2,1-2H3;3-5H,1-2H3,(H,11,13);2-4H,1H3,(H,11,13);2-3H,8H2,1H3;1-3H. The number of H-pyrrole nitrogens is 2. The van der Waals surface area contributed by atoms with Gasteiger partial charge in [-0.05, 0) is 103 Å². The molecular weight excluding hydrogens is 1350 g/mol. The first kappa shape index (κ1) is 69.2. The number of aromatic nitrogens is 9. The molecule has 0 spiro atoms. The van der Waals surface area contributed by atoms with Crippen LogP contribution in [0.5, 0.6) is 40.2 Å². The van der Waals surface area contributed by atoms with Crippen LogP contribution in [0.1, 0.15) is 28.5 Å². The molecule has 478 valence electrons. The average Bonchev–Trinajstić information content (AvgIpc) is 0.906. The average molecular weight is 1400 g/mol. The van der Waals surface area contributed by atoms with Crippen molar-refractivity contribution in [2.45, 2.75) is 34.6 Å². The van der Waals surface area contributed by atoms with E-state index < -0.39 is 38.8 Å². The Bertz CT molecular complexity index is 4880. The normalized spacial score (nSPS) is 10.4. The molecule has 0 fully saturated rings. The Balaban J connectivity index is 0.000000163. The Labute approximate surface area is 541 Å². The van der Waals surface area contributed by atoms with Crippen LogP contribution >= 0.6 is 31.9 Å². The smallest absolute Gasteiger partial charge is 0.272 e. The molecule has 0 aliphatic heterocycles. The molecule has 9 aromatic heterocycles. The number of aromatic amines is 2. The first-order chi connectivity index (χ1) is 44.3. The molecule has 0 aliphatic rings. The molecule has 0 radical (unpaired) electrons. The summed E-state index contributed by atoms with van der Waals surface area (Å²) in [6.45, 7) is 9.17. The van der Waals surface area contributed by atoms with Gasteiger partial charge in [0.1, 0.15) is 39.3 Å². The number of anilines is 2. The summed E-state index contributed by atoms with van der Waals surface area (Å²) in [4.78, 5) is 77.4. The van der Waals surface area contributed by atoms with Gasteiger partial charge in [0.05, 0.1) is 106 Å². The van der Waals surface area contributed by atoms with Gasteiger partial charge in [-0.25, -0.2) is 37.5 Å². The zero-order valence-corrected chi connectivity index (χ0v) is 53.4. The van der Waals surface area contributed by atoms with Gasteiger partial charge in [0.2, 0.25) is 10.9 Å². The summed E-state index contributed by atoms with van der Waals surface area (Å²) in [5, 5.41) is 20.6. The predicted octanol–water partition coefficient (Wildman–Crippen LogP) is 14.1. The zero-order chi connectivity index (χ0) is 67.8. The number of nitro benzene ring substituents is 2. The molecule has 9 heterocycles. The Morgan fingerprint density at radius 2 is 0.871 bits per heavy atom. The van der Waals surface area contributed by atoms with E-state index in [4.69, 9.17) is 35.2 Å². The highest BCUT2D eigenvalue weighted by Crippen LogP contribution is 2.35. The molecule has 12 aromatic rings. The van der Waals surface area contributed by atoms with Crippen molar-refractivity contribution in [2.24, 2.45) is 0 Å². The number of ether oxygens (including phenoxy) is 5. The van der Waals surface area contributed by atoms with Crippen LogP contribution in [0.25, 0.3) is 44.1 Å². The van der Waals surface area contributed by atoms with Gasteiger partial charge in [0.15, 0.2) is 46.3 Å². The number of nitro groups is 2. The molecule has 0 bridgehead atoms. The fraction of sp³-hybridized carbons (Fsp3) is 0.127. The summed E-state index contributed by atoms with van der Waals surface area (Å²) in [7, 11) is 4.68. The number of aryl methyl sites for hydroxylation is 5. The maximum Gasteiger partial charge on any atom is 0.272 e. The highest BCUT2D eigenvalue weighted by Gasteiger charge is 2.17. The van der Waals surface area contributed by atoms with Crippen molar-refractivity contribution >= 4 is 98.7 Å². The van der Waals surface area contributed by atoms with Gasteiger partial charge in [-0.2, -0.15) is 0 Å². The highest BCUT2D eigenvalue weighted by molar-refractivity contribution is 9.10. The van der Waals surface area contributed by atoms with E-state index in [1.54, 1.807) is 82.3 Å².